The molecule has 1 amide bonds. The Labute approximate surface area is 151 Å². The number of nitrogens with zero attached hydrogens (tertiary/aromatic N) is 2. The van der Waals surface area contributed by atoms with E-state index in [1.807, 2.05) is 6.07 Å². The Balaban J connectivity index is 1.95. The standard InChI is InChI=1S/C19H20N2O5/c1-25-16-7-3-6-13(17(16)26-2)14-10-21(11-15(14)19(23)24)18(22)12-5-4-8-20-9-12/h3-9,14-15H,10-11H2,1-2H3,(H,23,24). The molecule has 3 rings (SSSR count). The summed E-state index contributed by atoms with van der Waals surface area (Å²) >= 11 is 0. The lowest BCUT2D eigenvalue weighted by atomic mass is 9.88. The fourth-order valence-corrected chi connectivity index (χ4v) is 3.41. The number of rotatable bonds is 5. The molecule has 0 spiro atoms. The van der Waals surface area contributed by atoms with E-state index in [0.29, 0.717) is 17.1 Å². The molecular formula is C19H20N2O5. The van der Waals surface area contributed by atoms with E-state index in [1.165, 1.54) is 20.4 Å². The number of aliphatic carboxylic acids is 1. The summed E-state index contributed by atoms with van der Waals surface area (Å²) in [5.41, 5.74) is 1.16. The van der Waals surface area contributed by atoms with Crippen molar-refractivity contribution in [3.63, 3.8) is 0 Å². The highest BCUT2D eigenvalue weighted by Gasteiger charge is 2.42. The summed E-state index contributed by atoms with van der Waals surface area (Å²) in [7, 11) is 3.05. The predicted molar refractivity (Wildman–Crippen MR) is 93.6 cm³/mol. The van der Waals surface area contributed by atoms with E-state index >= 15 is 0 Å². The number of pyridine rings is 1. The van der Waals surface area contributed by atoms with E-state index in [4.69, 9.17) is 9.47 Å². The summed E-state index contributed by atoms with van der Waals surface area (Å²) in [4.78, 5) is 30.0. The Kier molecular flexibility index (Phi) is 5.06. The smallest absolute Gasteiger partial charge is 0.308 e. The second kappa shape index (κ2) is 7.43. The van der Waals surface area contributed by atoms with E-state index in [2.05, 4.69) is 4.98 Å². The van der Waals surface area contributed by atoms with Gasteiger partial charge >= 0.3 is 5.97 Å². The van der Waals surface area contributed by atoms with Crippen molar-refractivity contribution in [3.8, 4) is 11.5 Å². The number of likely N-dealkylation sites (tertiary alicyclic amines) is 1. The lowest BCUT2D eigenvalue weighted by molar-refractivity contribution is -0.141. The van der Waals surface area contributed by atoms with Gasteiger partial charge in [0.15, 0.2) is 11.5 Å². The second-order valence-corrected chi connectivity index (χ2v) is 6.09. The largest absolute Gasteiger partial charge is 0.493 e. The molecule has 7 nitrogen and oxygen atoms in total. The van der Waals surface area contributed by atoms with Crippen LogP contribution in [0.25, 0.3) is 0 Å². The normalized spacial score (nSPS) is 19.2. The molecule has 1 N–H and O–H groups in total. The van der Waals surface area contributed by atoms with Gasteiger partial charge in [0.05, 0.1) is 25.7 Å². The van der Waals surface area contributed by atoms with Crippen LogP contribution in [0, 0.1) is 5.92 Å². The van der Waals surface area contributed by atoms with E-state index < -0.39 is 17.8 Å². The number of carbonyl (C=O) groups is 2. The molecule has 1 aromatic carbocycles. The highest BCUT2D eigenvalue weighted by molar-refractivity contribution is 5.94. The molecule has 0 aliphatic carbocycles. The van der Waals surface area contributed by atoms with Gasteiger partial charge in [-0.15, -0.1) is 0 Å². The van der Waals surface area contributed by atoms with Gasteiger partial charge < -0.3 is 19.5 Å². The number of methoxy groups -OCH3 is 2. The Morgan fingerprint density at radius 3 is 2.58 bits per heavy atom. The van der Waals surface area contributed by atoms with Gasteiger partial charge in [-0.25, -0.2) is 0 Å². The molecule has 2 atom stereocenters. The molecule has 1 fully saturated rings. The third kappa shape index (κ3) is 3.20. The molecule has 0 bridgehead atoms. The zero-order valence-corrected chi connectivity index (χ0v) is 14.6. The first-order valence-electron chi connectivity index (χ1n) is 8.19. The molecule has 1 aliphatic heterocycles. The number of benzene rings is 1. The topological polar surface area (TPSA) is 89.0 Å². The fraction of sp³-hybridized carbons (Fsp3) is 0.316. The molecule has 7 heteroatoms. The molecule has 1 aromatic heterocycles. The Bertz CT molecular complexity index is 809. The van der Waals surface area contributed by atoms with Gasteiger partial charge in [0.2, 0.25) is 0 Å². The predicted octanol–water partition coefficient (Wildman–Crippen LogP) is 2.04. The lowest BCUT2D eigenvalue weighted by Gasteiger charge is -2.20. The molecule has 136 valence electrons. The summed E-state index contributed by atoms with van der Waals surface area (Å²) in [5.74, 6) is -1.25. The number of amides is 1. The number of carboxylic acids is 1. The summed E-state index contributed by atoms with van der Waals surface area (Å²) in [6.07, 6.45) is 3.07. The Hall–Kier alpha value is -3.09. The Morgan fingerprint density at radius 2 is 1.96 bits per heavy atom. The van der Waals surface area contributed by atoms with Crippen molar-refractivity contribution in [2.24, 2.45) is 5.92 Å². The van der Waals surface area contributed by atoms with Crippen molar-refractivity contribution in [1.82, 2.24) is 9.88 Å². The molecule has 2 heterocycles. The summed E-state index contributed by atoms with van der Waals surface area (Å²) < 4.78 is 10.8. The maximum absolute atomic E-state index is 12.7. The van der Waals surface area contributed by atoms with E-state index in [0.717, 1.165) is 5.56 Å². The monoisotopic (exact) mass is 356 g/mol. The third-order valence-corrected chi connectivity index (χ3v) is 4.67. The molecule has 1 saturated heterocycles. The lowest BCUT2D eigenvalue weighted by Crippen LogP contribution is -2.29. The van der Waals surface area contributed by atoms with Gasteiger partial charge in [0, 0.05) is 37.0 Å². The summed E-state index contributed by atoms with van der Waals surface area (Å²) in [5, 5.41) is 9.68. The molecule has 0 radical (unpaired) electrons. The van der Waals surface area contributed by atoms with Crippen LogP contribution in [0.4, 0.5) is 0 Å². The first kappa shape index (κ1) is 17.7. The average molecular weight is 356 g/mol. The summed E-state index contributed by atoms with van der Waals surface area (Å²) in [6, 6.07) is 8.72. The number of hydrogen-bond acceptors (Lipinski definition) is 5. The number of hydrogen-bond donors (Lipinski definition) is 1. The van der Waals surface area contributed by atoms with Gasteiger partial charge in [-0.05, 0) is 18.2 Å². The van der Waals surface area contributed by atoms with Crippen LogP contribution in [0.1, 0.15) is 21.8 Å². The van der Waals surface area contributed by atoms with Gasteiger partial charge in [0.1, 0.15) is 0 Å². The van der Waals surface area contributed by atoms with Gasteiger partial charge in [-0.1, -0.05) is 12.1 Å². The van der Waals surface area contributed by atoms with Crippen LogP contribution >= 0.6 is 0 Å². The highest BCUT2D eigenvalue weighted by atomic mass is 16.5. The maximum Gasteiger partial charge on any atom is 0.308 e. The molecule has 1 aliphatic rings. The zero-order valence-electron chi connectivity index (χ0n) is 14.6. The van der Waals surface area contributed by atoms with Crippen molar-refractivity contribution in [2.75, 3.05) is 27.3 Å². The van der Waals surface area contributed by atoms with Crippen molar-refractivity contribution in [1.29, 1.82) is 0 Å². The maximum atomic E-state index is 12.7. The zero-order chi connectivity index (χ0) is 18.7. The van der Waals surface area contributed by atoms with Crippen LogP contribution in [-0.2, 0) is 4.79 Å². The molecular weight excluding hydrogens is 336 g/mol. The van der Waals surface area contributed by atoms with Gasteiger partial charge in [-0.2, -0.15) is 0 Å². The molecule has 0 saturated carbocycles. The minimum absolute atomic E-state index is 0.133. The van der Waals surface area contributed by atoms with E-state index in [9.17, 15) is 14.7 Å². The first-order valence-corrected chi connectivity index (χ1v) is 8.19. The van der Waals surface area contributed by atoms with Gasteiger partial charge in [0.25, 0.3) is 5.91 Å². The van der Waals surface area contributed by atoms with Crippen LogP contribution < -0.4 is 9.47 Å². The summed E-state index contributed by atoms with van der Waals surface area (Å²) in [6.45, 7) is 0.419. The SMILES string of the molecule is COc1cccc(C2CN(C(=O)c3cccnc3)CC2C(=O)O)c1OC. The number of aromatic nitrogens is 1. The highest BCUT2D eigenvalue weighted by Crippen LogP contribution is 2.42. The van der Waals surface area contributed by atoms with Crippen molar-refractivity contribution in [2.45, 2.75) is 5.92 Å². The quantitative estimate of drug-likeness (QED) is 0.882. The van der Waals surface area contributed by atoms with E-state index in [-0.39, 0.29) is 19.0 Å². The first-order chi connectivity index (χ1) is 12.6. The van der Waals surface area contributed by atoms with Crippen molar-refractivity contribution in [3.05, 3.63) is 53.9 Å². The Morgan fingerprint density at radius 1 is 1.15 bits per heavy atom. The van der Waals surface area contributed by atoms with E-state index in [1.54, 1.807) is 35.4 Å². The van der Waals surface area contributed by atoms with Crippen LogP contribution in [0.5, 0.6) is 11.5 Å². The number of carbonyl (C=O) groups excluding carboxylic acids is 1. The van der Waals surface area contributed by atoms with Crippen molar-refractivity contribution < 1.29 is 24.2 Å². The van der Waals surface area contributed by atoms with Crippen LogP contribution in [-0.4, -0.2) is 54.2 Å². The third-order valence-electron chi connectivity index (χ3n) is 4.67. The minimum Gasteiger partial charge on any atom is -0.493 e. The second-order valence-electron chi connectivity index (χ2n) is 6.09. The van der Waals surface area contributed by atoms with Crippen LogP contribution in [0.15, 0.2) is 42.7 Å². The number of carboxylic acid groups (broad SMARTS) is 1. The molecule has 2 unspecified atom stereocenters. The molecule has 2 aromatic rings. The number of ether oxygens (including phenoxy) is 2. The van der Waals surface area contributed by atoms with Crippen molar-refractivity contribution >= 4 is 11.9 Å². The van der Waals surface area contributed by atoms with Gasteiger partial charge in [-0.3, -0.25) is 14.6 Å². The minimum atomic E-state index is -0.943. The average Bonchev–Trinajstić information content (AvgIpc) is 3.12. The van der Waals surface area contributed by atoms with Crippen LogP contribution in [0.2, 0.25) is 0 Å². The van der Waals surface area contributed by atoms with Crippen LogP contribution in [0.3, 0.4) is 0 Å². The number of para-hydroxylation sites is 1. The molecule has 26 heavy (non-hydrogen) atoms. The fourth-order valence-electron chi connectivity index (χ4n) is 3.41.